The molecule has 7 rings (SSSR count). The number of pyridine rings is 1. The monoisotopic (exact) mass is 569 g/mol. The van der Waals surface area contributed by atoms with Crippen molar-refractivity contribution in [3.05, 3.63) is 89.6 Å². The van der Waals surface area contributed by atoms with Crippen molar-refractivity contribution in [2.45, 2.75) is 31.3 Å². The number of aromatic nitrogens is 2. The Morgan fingerprint density at radius 3 is 2.64 bits per heavy atom. The first-order valence-electron chi connectivity index (χ1n) is 13.8. The number of carbonyl (C=O) groups excluding carboxylic acids is 3. The fourth-order valence-corrected chi connectivity index (χ4v) is 6.05. The number of nitrogens with one attached hydrogen (secondary N) is 2. The fourth-order valence-electron chi connectivity index (χ4n) is 6.05. The highest BCUT2D eigenvalue weighted by Crippen LogP contribution is 2.36. The number of H-pyrrole nitrogens is 1. The zero-order valence-electron chi connectivity index (χ0n) is 22.6. The fraction of sp³-hybridized carbons (Fsp3) is 0.290. The van der Waals surface area contributed by atoms with Crippen LogP contribution in [-0.4, -0.2) is 75.6 Å². The van der Waals surface area contributed by atoms with E-state index in [1.165, 1.54) is 21.9 Å². The van der Waals surface area contributed by atoms with Crippen LogP contribution in [0.5, 0.6) is 0 Å². The van der Waals surface area contributed by atoms with E-state index in [0.717, 1.165) is 33.3 Å². The number of rotatable bonds is 6. The van der Waals surface area contributed by atoms with E-state index < -0.39 is 11.8 Å². The SMILES string of the molecule is O=C(NCc1cc2cnccc2[nH]1)[C@@H]1CC2(CN1C(=O)CN1Cc3cc(-c4ccc(F)cc4)ccc3C1=O)OCCO2. The Kier molecular flexibility index (Phi) is 6.47. The Morgan fingerprint density at radius 2 is 1.86 bits per heavy atom. The molecule has 0 unspecified atom stereocenters. The van der Waals surface area contributed by atoms with Gasteiger partial charge in [0.15, 0.2) is 5.79 Å². The molecule has 2 aromatic carbocycles. The van der Waals surface area contributed by atoms with Gasteiger partial charge in [-0.2, -0.15) is 0 Å². The number of nitrogens with zero attached hydrogens (tertiary/aromatic N) is 3. The van der Waals surface area contributed by atoms with Crippen LogP contribution < -0.4 is 5.32 Å². The van der Waals surface area contributed by atoms with E-state index in [2.05, 4.69) is 15.3 Å². The van der Waals surface area contributed by atoms with Crippen LogP contribution in [0, 0.1) is 5.82 Å². The van der Waals surface area contributed by atoms with Gasteiger partial charge in [-0.15, -0.1) is 0 Å². The van der Waals surface area contributed by atoms with Gasteiger partial charge in [-0.3, -0.25) is 19.4 Å². The lowest BCUT2D eigenvalue weighted by Gasteiger charge is -2.26. The number of amides is 3. The summed E-state index contributed by atoms with van der Waals surface area (Å²) in [7, 11) is 0. The first-order valence-corrected chi connectivity index (χ1v) is 13.8. The number of likely N-dealkylation sites (tertiary alicyclic amines) is 1. The van der Waals surface area contributed by atoms with Crippen LogP contribution in [0.2, 0.25) is 0 Å². The molecule has 2 saturated heterocycles. The highest BCUT2D eigenvalue weighted by Gasteiger charge is 2.52. The van der Waals surface area contributed by atoms with Crippen molar-refractivity contribution in [3.8, 4) is 11.1 Å². The Bertz CT molecular complexity index is 1660. The molecule has 0 saturated carbocycles. The molecule has 2 N–H and O–H groups in total. The van der Waals surface area contributed by atoms with Gasteiger partial charge in [-0.1, -0.05) is 18.2 Å². The zero-order chi connectivity index (χ0) is 28.8. The third-order valence-corrected chi connectivity index (χ3v) is 8.15. The van der Waals surface area contributed by atoms with Crippen molar-refractivity contribution in [2.75, 3.05) is 26.3 Å². The third kappa shape index (κ3) is 4.80. The normalized spacial score (nSPS) is 19.2. The van der Waals surface area contributed by atoms with Crippen molar-refractivity contribution in [1.82, 2.24) is 25.1 Å². The van der Waals surface area contributed by atoms with E-state index in [1.54, 1.807) is 30.6 Å². The standard InChI is InChI=1S/C31H28FN5O5/c32-23-4-1-19(2-5-23)20-3-6-25-22(11-20)16-36(30(25)40)17-28(38)37-18-31(41-9-10-42-31)13-27(37)29(39)34-15-24-12-21-14-33-8-7-26(21)35-24/h1-8,11-12,14,27,35H,9-10,13,15-18H2,(H,34,39)/t27-/m0/s1. The smallest absolute Gasteiger partial charge is 0.254 e. The molecule has 4 aromatic rings. The number of ether oxygens (including phenoxy) is 2. The highest BCUT2D eigenvalue weighted by atomic mass is 19.1. The van der Waals surface area contributed by atoms with E-state index in [-0.39, 0.29) is 56.1 Å². The summed E-state index contributed by atoms with van der Waals surface area (Å²) in [6, 6.07) is 14.6. The summed E-state index contributed by atoms with van der Waals surface area (Å²) < 4.78 is 25.1. The van der Waals surface area contributed by atoms with Gasteiger partial charge in [0, 0.05) is 47.5 Å². The van der Waals surface area contributed by atoms with Crippen molar-refractivity contribution in [3.63, 3.8) is 0 Å². The van der Waals surface area contributed by atoms with Crippen molar-refractivity contribution in [2.24, 2.45) is 0 Å². The van der Waals surface area contributed by atoms with Crippen LogP contribution in [0.1, 0.15) is 28.0 Å². The lowest BCUT2D eigenvalue weighted by molar-refractivity contribution is -0.152. The molecular formula is C31H28FN5O5. The molecule has 0 radical (unpaired) electrons. The lowest BCUT2D eigenvalue weighted by atomic mass is 10.0. The minimum atomic E-state index is -1.04. The number of aromatic amines is 1. The molecule has 3 aliphatic heterocycles. The van der Waals surface area contributed by atoms with E-state index in [9.17, 15) is 18.8 Å². The Balaban J connectivity index is 1.05. The molecular weight excluding hydrogens is 541 g/mol. The number of hydrogen-bond donors (Lipinski definition) is 2. The molecule has 214 valence electrons. The van der Waals surface area contributed by atoms with Gasteiger partial charge in [0.2, 0.25) is 11.8 Å². The van der Waals surface area contributed by atoms with E-state index in [0.29, 0.717) is 18.8 Å². The molecule has 2 fully saturated rings. The number of hydrogen-bond acceptors (Lipinski definition) is 6. The average molecular weight is 570 g/mol. The van der Waals surface area contributed by atoms with Crippen LogP contribution in [0.3, 0.4) is 0 Å². The lowest BCUT2D eigenvalue weighted by Crippen LogP contribution is -2.49. The Labute approximate surface area is 240 Å². The molecule has 1 atom stereocenters. The minimum absolute atomic E-state index is 0.103. The van der Waals surface area contributed by atoms with Crippen LogP contribution in [-0.2, 0) is 32.2 Å². The molecule has 1 spiro atoms. The van der Waals surface area contributed by atoms with E-state index in [4.69, 9.17) is 9.47 Å². The third-order valence-electron chi connectivity index (χ3n) is 8.15. The number of benzene rings is 2. The number of halogens is 1. The number of fused-ring (bicyclic) bond motifs is 2. The van der Waals surface area contributed by atoms with Gasteiger partial charge in [0.25, 0.3) is 5.91 Å². The first-order chi connectivity index (χ1) is 20.4. The molecule has 3 amide bonds. The maximum absolute atomic E-state index is 13.7. The molecule has 2 aromatic heterocycles. The summed E-state index contributed by atoms with van der Waals surface area (Å²) in [5, 5.41) is 3.87. The summed E-state index contributed by atoms with van der Waals surface area (Å²) in [6.07, 6.45) is 3.64. The Morgan fingerprint density at radius 1 is 1.07 bits per heavy atom. The second-order valence-corrected chi connectivity index (χ2v) is 10.9. The van der Waals surface area contributed by atoms with Crippen molar-refractivity contribution < 1.29 is 28.2 Å². The van der Waals surface area contributed by atoms with Crippen molar-refractivity contribution in [1.29, 1.82) is 0 Å². The van der Waals surface area contributed by atoms with Gasteiger partial charge in [0.1, 0.15) is 18.4 Å². The predicted octanol–water partition coefficient (Wildman–Crippen LogP) is 2.99. The second kappa shape index (κ2) is 10.3. The summed E-state index contributed by atoms with van der Waals surface area (Å²) >= 11 is 0. The van der Waals surface area contributed by atoms with E-state index >= 15 is 0 Å². The average Bonchev–Trinajstić information content (AvgIpc) is 3.78. The van der Waals surface area contributed by atoms with Gasteiger partial charge in [0.05, 0.1) is 26.3 Å². The van der Waals surface area contributed by atoms with Gasteiger partial charge in [-0.25, -0.2) is 4.39 Å². The maximum Gasteiger partial charge on any atom is 0.254 e. The topological polar surface area (TPSA) is 117 Å². The van der Waals surface area contributed by atoms with Crippen molar-refractivity contribution >= 4 is 28.6 Å². The minimum Gasteiger partial charge on any atom is -0.357 e. The zero-order valence-corrected chi connectivity index (χ0v) is 22.6. The molecule has 10 nitrogen and oxygen atoms in total. The van der Waals surface area contributed by atoms with Gasteiger partial charge < -0.3 is 29.6 Å². The molecule has 5 heterocycles. The Hall–Kier alpha value is -4.61. The second-order valence-electron chi connectivity index (χ2n) is 10.9. The summed E-state index contributed by atoms with van der Waals surface area (Å²) in [6.45, 7) is 1.19. The quantitative estimate of drug-likeness (QED) is 0.369. The largest absolute Gasteiger partial charge is 0.357 e. The van der Waals surface area contributed by atoms with Crippen LogP contribution in [0.15, 0.2) is 67.0 Å². The summed E-state index contributed by atoms with van der Waals surface area (Å²) in [5.74, 6) is -2.29. The molecule has 11 heteroatoms. The van der Waals surface area contributed by atoms with Crippen LogP contribution >= 0.6 is 0 Å². The van der Waals surface area contributed by atoms with Gasteiger partial charge in [-0.05, 0) is 53.1 Å². The first kappa shape index (κ1) is 26.3. The highest BCUT2D eigenvalue weighted by molar-refractivity contribution is 6.01. The van der Waals surface area contributed by atoms with Crippen LogP contribution in [0.25, 0.3) is 22.0 Å². The molecule has 0 aliphatic carbocycles. The maximum atomic E-state index is 13.7. The molecule has 3 aliphatic rings. The summed E-state index contributed by atoms with van der Waals surface area (Å²) in [4.78, 5) is 50.6. The van der Waals surface area contributed by atoms with Gasteiger partial charge >= 0.3 is 0 Å². The molecule has 42 heavy (non-hydrogen) atoms. The summed E-state index contributed by atoms with van der Waals surface area (Å²) in [5.41, 5.74) is 4.73. The van der Waals surface area contributed by atoms with E-state index in [1.807, 2.05) is 24.3 Å². The predicted molar refractivity (Wildman–Crippen MR) is 149 cm³/mol. The number of carbonyl (C=O) groups is 3. The molecule has 0 bridgehead atoms. The van der Waals surface area contributed by atoms with Crippen LogP contribution in [0.4, 0.5) is 4.39 Å².